The summed E-state index contributed by atoms with van der Waals surface area (Å²) < 4.78 is 40.7. The number of nitrogens with one attached hydrogen (secondary N) is 2. The minimum Gasteiger partial charge on any atom is -0.323 e. The third-order valence-corrected chi connectivity index (χ3v) is 5.09. The average Bonchev–Trinajstić information content (AvgIpc) is 3.16. The number of aromatic amines is 1. The van der Waals surface area contributed by atoms with Gasteiger partial charge in [-0.05, 0) is 43.2 Å². The second-order valence-corrected chi connectivity index (χ2v) is 7.00. The smallest absolute Gasteiger partial charge is 0.323 e. The van der Waals surface area contributed by atoms with Gasteiger partial charge in [0.15, 0.2) is 5.82 Å². The second kappa shape index (κ2) is 6.98. The van der Waals surface area contributed by atoms with Gasteiger partial charge in [-0.25, -0.2) is 4.98 Å². The molecule has 3 heterocycles. The molecule has 0 atom stereocenters. The minimum atomic E-state index is -4.49. The number of halogens is 3. The average molecular weight is 407 g/mol. The van der Waals surface area contributed by atoms with Gasteiger partial charge in [0, 0.05) is 22.7 Å². The van der Waals surface area contributed by atoms with Gasteiger partial charge in [-0.2, -0.15) is 18.3 Å². The largest absolute Gasteiger partial charge is 0.417 e. The topological polar surface area (TPSA) is 66.5 Å². The lowest BCUT2D eigenvalue weighted by molar-refractivity contribution is -0.137. The van der Waals surface area contributed by atoms with E-state index in [1.54, 1.807) is 24.4 Å². The SMILES string of the molecule is FC(F)(F)c1ccccc1-c1cc2ncccc2c(Nc2n[nH]c3c2CCC=C3)n1. The predicted octanol–water partition coefficient (Wildman–Crippen LogP) is 5.74. The highest BCUT2D eigenvalue weighted by Crippen LogP contribution is 2.38. The highest BCUT2D eigenvalue weighted by atomic mass is 19.4. The number of allylic oxidation sites excluding steroid dienone is 1. The van der Waals surface area contributed by atoms with Crippen LogP contribution in [0.25, 0.3) is 28.2 Å². The predicted molar refractivity (Wildman–Crippen MR) is 109 cm³/mol. The van der Waals surface area contributed by atoms with Crippen molar-refractivity contribution in [2.45, 2.75) is 19.0 Å². The Bertz CT molecular complexity index is 1270. The molecule has 0 unspecified atom stereocenters. The molecule has 0 spiro atoms. The molecule has 1 aliphatic rings. The number of nitrogens with zero attached hydrogens (tertiary/aromatic N) is 3. The van der Waals surface area contributed by atoms with Crippen LogP contribution in [0.4, 0.5) is 24.8 Å². The molecule has 2 N–H and O–H groups in total. The summed E-state index contributed by atoms with van der Waals surface area (Å²) in [4.78, 5) is 8.88. The van der Waals surface area contributed by atoms with Crippen molar-refractivity contribution >= 4 is 28.6 Å². The third-order valence-electron chi connectivity index (χ3n) is 5.09. The van der Waals surface area contributed by atoms with Crippen LogP contribution in [0, 0.1) is 0 Å². The van der Waals surface area contributed by atoms with E-state index in [-0.39, 0.29) is 11.3 Å². The van der Waals surface area contributed by atoms with E-state index in [2.05, 4.69) is 31.6 Å². The van der Waals surface area contributed by atoms with Crippen molar-refractivity contribution in [1.29, 1.82) is 0 Å². The van der Waals surface area contributed by atoms with Gasteiger partial charge in [0.25, 0.3) is 0 Å². The van der Waals surface area contributed by atoms with Crippen molar-refractivity contribution < 1.29 is 13.2 Å². The second-order valence-electron chi connectivity index (χ2n) is 7.00. The van der Waals surface area contributed by atoms with E-state index < -0.39 is 11.7 Å². The molecule has 5 nitrogen and oxygen atoms in total. The summed E-state index contributed by atoms with van der Waals surface area (Å²) in [5.41, 5.74) is 1.96. The molecule has 0 amide bonds. The van der Waals surface area contributed by atoms with Crippen molar-refractivity contribution in [2.75, 3.05) is 5.32 Å². The molecule has 0 saturated heterocycles. The molecule has 150 valence electrons. The Kier molecular flexibility index (Phi) is 4.27. The first-order valence-corrected chi connectivity index (χ1v) is 9.44. The summed E-state index contributed by atoms with van der Waals surface area (Å²) >= 11 is 0. The van der Waals surface area contributed by atoms with Crippen LogP contribution in [-0.2, 0) is 12.6 Å². The molecule has 5 rings (SSSR count). The summed E-state index contributed by atoms with van der Waals surface area (Å²) in [7, 11) is 0. The van der Waals surface area contributed by atoms with E-state index in [4.69, 9.17) is 0 Å². The third kappa shape index (κ3) is 3.20. The summed E-state index contributed by atoms with van der Waals surface area (Å²) in [5, 5.41) is 11.2. The monoisotopic (exact) mass is 407 g/mol. The quantitative estimate of drug-likeness (QED) is 0.454. The van der Waals surface area contributed by atoms with Gasteiger partial charge in [-0.15, -0.1) is 0 Å². The molecule has 30 heavy (non-hydrogen) atoms. The number of hydrogen-bond acceptors (Lipinski definition) is 4. The Labute approximate surface area is 169 Å². The number of H-pyrrole nitrogens is 1. The molecule has 0 radical (unpaired) electrons. The Morgan fingerprint density at radius 2 is 1.90 bits per heavy atom. The van der Waals surface area contributed by atoms with Crippen LogP contribution in [0.3, 0.4) is 0 Å². The molecule has 1 aromatic carbocycles. The zero-order chi connectivity index (χ0) is 20.7. The number of alkyl halides is 3. The number of hydrogen-bond donors (Lipinski definition) is 2. The Hall–Kier alpha value is -3.68. The standard InChI is InChI=1S/C22H16F3N5/c23-22(24,25)16-9-3-1-6-13(16)19-12-18-15(8-5-11-26-18)20(27-19)28-21-14-7-2-4-10-17(14)29-30-21/h1,3-6,8-12H,2,7H2,(H2,27,28,29,30). The summed E-state index contributed by atoms with van der Waals surface area (Å²) in [5.74, 6) is 1.03. The molecule has 0 saturated carbocycles. The molecular weight excluding hydrogens is 391 g/mol. The Morgan fingerprint density at radius 3 is 2.77 bits per heavy atom. The molecular formula is C22H16F3N5. The first kappa shape index (κ1) is 18.4. The van der Waals surface area contributed by atoms with Gasteiger partial charge >= 0.3 is 6.18 Å². The van der Waals surface area contributed by atoms with Gasteiger partial charge in [-0.1, -0.05) is 24.3 Å². The first-order valence-electron chi connectivity index (χ1n) is 9.44. The van der Waals surface area contributed by atoms with E-state index in [0.717, 1.165) is 30.2 Å². The fourth-order valence-corrected chi connectivity index (χ4v) is 3.68. The fraction of sp³-hybridized carbons (Fsp3) is 0.136. The lowest BCUT2D eigenvalue weighted by Crippen LogP contribution is -2.08. The molecule has 0 bridgehead atoms. The fourth-order valence-electron chi connectivity index (χ4n) is 3.68. The number of rotatable bonds is 3. The van der Waals surface area contributed by atoms with Crippen molar-refractivity contribution in [3.63, 3.8) is 0 Å². The van der Waals surface area contributed by atoms with Crippen LogP contribution >= 0.6 is 0 Å². The highest BCUT2D eigenvalue weighted by Gasteiger charge is 2.33. The van der Waals surface area contributed by atoms with E-state index in [1.165, 1.54) is 12.1 Å². The maximum absolute atomic E-state index is 13.6. The van der Waals surface area contributed by atoms with Crippen LogP contribution < -0.4 is 5.32 Å². The molecule has 0 aliphatic heterocycles. The number of anilines is 2. The minimum absolute atomic E-state index is 0.00703. The molecule has 0 fully saturated rings. The molecule has 1 aliphatic carbocycles. The molecule has 4 aromatic rings. The first-order chi connectivity index (χ1) is 14.5. The Morgan fingerprint density at radius 1 is 1.03 bits per heavy atom. The van der Waals surface area contributed by atoms with E-state index in [0.29, 0.717) is 22.5 Å². The number of benzene rings is 1. The van der Waals surface area contributed by atoms with E-state index in [9.17, 15) is 13.2 Å². The maximum atomic E-state index is 13.6. The van der Waals surface area contributed by atoms with Gasteiger partial charge in [0.2, 0.25) is 0 Å². The highest BCUT2D eigenvalue weighted by molar-refractivity contribution is 5.93. The van der Waals surface area contributed by atoms with Gasteiger partial charge in [-0.3, -0.25) is 10.1 Å². The number of pyridine rings is 2. The van der Waals surface area contributed by atoms with Crippen molar-refractivity contribution in [2.24, 2.45) is 0 Å². The van der Waals surface area contributed by atoms with Gasteiger partial charge < -0.3 is 5.32 Å². The van der Waals surface area contributed by atoms with Crippen LogP contribution in [0.5, 0.6) is 0 Å². The lowest BCUT2D eigenvalue weighted by Gasteiger charge is -2.15. The zero-order valence-electron chi connectivity index (χ0n) is 15.7. The van der Waals surface area contributed by atoms with Crippen LogP contribution in [-0.4, -0.2) is 20.2 Å². The van der Waals surface area contributed by atoms with Crippen LogP contribution in [0.1, 0.15) is 23.2 Å². The van der Waals surface area contributed by atoms with E-state index >= 15 is 0 Å². The Balaban J connectivity index is 1.67. The van der Waals surface area contributed by atoms with Crippen molar-refractivity contribution in [3.05, 3.63) is 71.6 Å². The number of aromatic nitrogens is 4. The van der Waals surface area contributed by atoms with Crippen LogP contribution in [0.15, 0.2) is 54.7 Å². The normalized spacial score (nSPS) is 13.4. The lowest BCUT2D eigenvalue weighted by atomic mass is 10.0. The maximum Gasteiger partial charge on any atom is 0.417 e. The molecule has 8 heteroatoms. The van der Waals surface area contributed by atoms with Crippen LogP contribution in [0.2, 0.25) is 0 Å². The summed E-state index contributed by atoms with van der Waals surface area (Å²) in [6, 6.07) is 10.6. The van der Waals surface area contributed by atoms with Gasteiger partial charge in [0.1, 0.15) is 5.82 Å². The van der Waals surface area contributed by atoms with Gasteiger partial charge in [0.05, 0.1) is 22.5 Å². The zero-order valence-corrected chi connectivity index (χ0v) is 15.7. The van der Waals surface area contributed by atoms with Crippen molar-refractivity contribution in [1.82, 2.24) is 20.2 Å². The molecule has 3 aromatic heterocycles. The van der Waals surface area contributed by atoms with Crippen molar-refractivity contribution in [3.8, 4) is 11.3 Å². The summed E-state index contributed by atoms with van der Waals surface area (Å²) in [6.07, 6.45) is 2.87. The number of fused-ring (bicyclic) bond motifs is 2. The summed E-state index contributed by atoms with van der Waals surface area (Å²) in [6.45, 7) is 0. The van der Waals surface area contributed by atoms with E-state index in [1.807, 2.05) is 12.1 Å².